The van der Waals surface area contributed by atoms with Gasteiger partial charge in [0.1, 0.15) is 11.5 Å². The van der Waals surface area contributed by atoms with Gasteiger partial charge >= 0.3 is 0 Å². The lowest BCUT2D eigenvalue weighted by molar-refractivity contribution is 0.0752. The maximum atomic E-state index is 13.1. The molecule has 0 saturated heterocycles. The zero-order valence-corrected chi connectivity index (χ0v) is 19.6. The van der Waals surface area contributed by atoms with Gasteiger partial charge in [0, 0.05) is 22.6 Å². The molecule has 4 aromatic rings. The number of hydrogen-bond acceptors (Lipinski definition) is 5. The molecule has 1 aromatic carbocycles. The van der Waals surface area contributed by atoms with Crippen molar-refractivity contribution in [3.8, 4) is 22.4 Å². The van der Waals surface area contributed by atoms with Gasteiger partial charge in [0.15, 0.2) is 0 Å². The van der Waals surface area contributed by atoms with Gasteiger partial charge < -0.3 is 10.3 Å². The Bertz CT molecular complexity index is 1320. The summed E-state index contributed by atoms with van der Waals surface area (Å²) in [5.74, 6) is 0.347. The molecule has 8 heteroatoms. The number of H-pyrrole nitrogens is 1. The number of rotatable bonds is 5. The molecule has 0 fully saturated rings. The smallest absolute Gasteiger partial charge is 0.257 e. The summed E-state index contributed by atoms with van der Waals surface area (Å²) in [7, 11) is 0. The van der Waals surface area contributed by atoms with Crippen molar-refractivity contribution in [2.75, 3.05) is 5.32 Å². The summed E-state index contributed by atoms with van der Waals surface area (Å²) in [6.45, 7) is 5.99. The first-order chi connectivity index (χ1) is 15.2. The Kier molecular flexibility index (Phi) is 6.04. The van der Waals surface area contributed by atoms with Crippen LogP contribution < -0.4 is 10.9 Å². The van der Waals surface area contributed by atoms with Crippen LogP contribution in [0.2, 0.25) is 4.34 Å². The van der Waals surface area contributed by atoms with Gasteiger partial charge in [-0.15, -0.1) is 11.3 Å². The van der Waals surface area contributed by atoms with Crippen LogP contribution >= 0.6 is 22.9 Å². The number of carbonyl (C=O) groups is 1. The minimum absolute atomic E-state index is 0.175. The number of carbonyl (C=O) groups excluding carboxylic acids is 1. The van der Waals surface area contributed by atoms with Gasteiger partial charge in [0.05, 0.1) is 16.4 Å². The fourth-order valence-corrected chi connectivity index (χ4v) is 4.23. The van der Waals surface area contributed by atoms with Crippen LogP contribution in [0.4, 0.5) is 5.82 Å². The SMILES string of the molecule is CC(C)(C)C(=O)n1nc(-c2cc(-c3ccccc3)c[nH]c2=O)cc1NCc1ccc(Cl)s1. The molecule has 2 N–H and O–H groups in total. The second-order valence-corrected chi connectivity index (χ2v) is 10.2. The lowest BCUT2D eigenvalue weighted by Gasteiger charge is -2.18. The Hall–Kier alpha value is -3.16. The topological polar surface area (TPSA) is 79.8 Å². The van der Waals surface area contributed by atoms with E-state index in [9.17, 15) is 9.59 Å². The molecule has 0 bridgehead atoms. The molecule has 0 aliphatic rings. The van der Waals surface area contributed by atoms with Crippen molar-refractivity contribution in [2.24, 2.45) is 5.41 Å². The molecule has 6 nitrogen and oxygen atoms in total. The highest BCUT2D eigenvalue weighted by Crippen LogP contribution is 2.28. The number of pyridine rings is 1. The average Bonchev–Trinajstić information content (AvgIpc) is 3.38. The van der Waals surface area contributed by atoms with Gasteiger partial charge in [-0.3, -0.25) is 9.59 Å². The molecule has 0 aliphatic heterocycles. The molecule has 0 saturated carbocycles. The summed E-state index contributed by atoms with van der Waals surface area (Å²) in [6.07, 6.45) is 1.68. The molecule has 0 atom stereocenters. The van der Waals surface area contributed by atoms with E-state index in [1.807, 2.05) is 63.2 Å². The van der Waals surface area contributed by atoms with Crippen LogP contribution in [0.5, 0.6) is 0 Å². The Morgan fingerprint density at radius 1 is 1.12 bits per heavy atom. The molecule has 0 aliphatic carbocycles. The van der Waals surface area contributed by atoms with Gasteiger partial charge in [-0.05, 0) is 29.3 Å². The number of nitrogens with zero attached hydrogens (tertiary/aromatic N) is 2. The van der Waals surface area contributed by atoms with Crippen molar-refractivity contribution in [2.45, 2.75) is 27.3 Å². The third-order valence-electron chi connectivity index (χ3n) is 4.90. The average molecular weight is 467 g/mol. The maximum absolute atomic E-state index is 13.1. The zero-order valence-electron chi connectivity index (χ0n) is 18.0. The summed E-state index contributed by atoms with van der Waals surface area (Å²) in [4.78, 5) is 29.5. The molecular formula is C24H23ClN4O2S. The van der Waals surface area contributed by atoms with Crippen molar-refractivity contribution >= 4 is 34.7 Å². The van der Waals surface area contributed by atoms with Crippen LogP contribution in [0.1, 0.15) is 30.4 Å². The van der Waals surface area contributed by atoms with Crippen LogP contribution in [0.3, 0.4) is 0 Å². The number of hydrogen-bond donors (Lipinski definition) is 2. The number of halogens is 1. The molecule has 4 rings (SSSR count). The van der Waals surface area contributed by atoms with Crippen LogP contribution in [-0.4, -0.2) is 20.7 Å². The van der Waals surface area contributed by atoms with Crippen LogP contribution in [-0.2, 0) is 6.54 Å². The highest BCUT2D eigenvalue weighted by molar-refractivity contribution is 7.16. The van der Waals surface area contributed by atoms with Gasteiger partial charge in [-0.2, -0.15) is 9.78 Å². The number of thiophene rings is 1. The van der Waals surface area contributed by atoms with E-state index in [1.54, 1.807) is 18.3 Å². The van der Waals surface area contributed by atoms with Gasteiger partial charge in [-0.25, -0.2) is 0 Å². The predicted octanol–water partition coefficient (Wildman–Crippen LogP) is 5.92. The molecular weight excluding hydrogens is 444 g/mol. The minimum Gasteiger partial charge on any atom is -0.365 e. The van der Waals surface area contributed by atoms with Gasteiger partial charge in [0.25, 0.3) is 11.5 Å². The van der Waals surface area contributed by atoms with Crippen molar-refractivity contribution in [3.63, 3.8) is 0 Å². The van der Waals surface area contributed by atoms with Crippen molar-refractivity contribution in [1.29, 1.82) is 0 Å². The van der Waals surface area contributed by atoms with E-state index in [0.717, 1.165) is 16.0 Å². The highest BCUT2D eigenvalue weighted by Gasteiger charge is 2.27. The standard InChI is InChI=1S/C24H23ClN4O2S/c1-24(2,3)23(31)29-21(26-14-17-9-10-20(25)32-17)12-19(28-29)18-11-16(13-27-22(18)30)15-7-5-4-6-8-15/h4-13,26H,14H2,1-3H3,(H,27,30). The van der Waals surface area contributed by atoms with E-state index < -0.39 is 5.41 Å². The molecule has 164 valence electrons. The van der Waals surface area contributed by atoms with Gasteiger partial charge in [-0.1, -0.05) is 62.7 Å². The molecule has 0 unspecified atom stereocenters. The van der Waals surface area contributed by atoms with Crippen LogP contribution in [0.15, 0.2) is 65.6 Å². The summed E-state index contributed by atoms with van der Waals surface area (Å²) in [5, 5.41) is 7.79. The van der Waals surface area contributed by atoms with Crippen molar-refractivity contribution in [1.82, 2.24) is 14.8 Å². The van der Waals surface area contributed by atoms with E-state index in [1.165, 1.54) is 16.0 Å². The summed E-state index contributed by atoms with van der Waals surface area (Å²) < 4.78 is 2.05. The zero-order chi connectivity index (χ0) is 22.9. The number of anilines is 1. The Labute approximate surface area is 194 Å². The second-order valence-electron chi connectivity index (χ2n) is 8.44. The number of aromatic amines is 1. The first kappa shape index (κ1) is 22.0. The largest absolute Gasteiger partial charge is 0.365 e. The first-order valence-corrected chi connectivity index (χ1v) is 11.3. The number of nitrogens with one attached hydrogen (secondary N) is 2. The van der Waals surface area contributed by atoms with Gasteiger partial charge in [0.2, 0.25) is 0 Å². The van der Waals surface area contributed by atoms with E-state index in [2.05, 4.69) is 15.4 Å². The summed E-state index contributed by atoms with van der Waals surface area (Å²) >= 11 is 7.50. The maximum Gasteiger partial charge on any atom is 0.257 e. The summed E-state index contributed by atoms with van der Waals surface area (Å²) in [5.41, 5.74) is 1.74. The Balaban J connectivity index is 1.75. The molecule has 0 amide bonds. The summed E-state index contributed by atoms with van der Waals surface area (Å²) in [6, 6.07) is 17.1. The second kappa shape index (κ2) is 8.76. The predicted molar refractivity (Wildman–Crippen MR) is 130 cm³/mol. The first-order valence-electron chi connectivity index (χ1n) is 10.1. The third kappa shape index (κ3) is 4.69. The van der Waals surface area contributed by atoms with Crippen molar-refractivity contribution < 1.29 is 4.79 Å². The lowest BCUT2D eigenvalue weighted by Crippen LogP contribution is -2.28. The highest BCUT2D eigenvalue weighted by atomic mass is 35.5. The molecule has 3 aromatic heterocycles. The van der Waals surface area contributed by atoms with Crippen LogP contribution in [0.25, 0.3) is 22.4 Å². The van der Waals surface area contributed by atoms with E-state index >= 15 is 0 Å². The molecule has 0 radical (unpaired) electrons. The Morgan fingerprint density at radius 3 is 2.53 bits per heavy atom. The number of benzene rings is 1. The quantitative estimate of drug-likeness (QED) is 0.382. The molecule has 3 heterocycles. The van der Waals surface area contributed by atoms with Crippen molar-refractivity contribution in [3.05, 3.63) is 80.4 Å². The molecule has 0 spiro atoms. The fourth-order valence-electron chi connectivity index (χ4n) is 3.21. The minimum atomic E-state index is -0.649. The number of aromatic nitrogens is 3. The van der Waals surface area contributed by atoms with E-state index in [-0.39, 0.29) is 11.5 Å². The van der Waals surface area contributed by atoms with E-state index in [0.29, 0.717) is 28.0 Å². The monoisotopic (exact) mass is 466 g/mol. The normalized spacial score (nSPS) is 11.5. The Morgan fingerprint density at radius 2 is 1.88 bits per heavy atom. The third-order valence-corrected chi connectivity index (χ3v) is 6.13. The lowest BCUT2D eigenvalue weighted by atomic mass is 9.96. The fraction of sp³-hybridized carbons (Fsp3) is 0.208. The van der Waals surface area contributed by atoms with E-state index in [4.69, 9.17) is 11.6 Å². The van der Waals surface area contributed by atoms with Crippen LogP contribution in [0, 0.1) is 5.41 Å². The molecule has 32 heavy (non-hydrogen) atoms.